The van der Waals surface area contributed by atoms with Gasteiger partial charge in [0.05, 0.1) is 11.4 Å². The maximum atomic E-state index is 6.15. The van der Waals surface area contributed by atoms with E-state index in [4.69, 9.17) is 20.9 Å². The number of nitrogens with two attached hydrogens (primary N) is 2. The van der Waals surface area contributed by atoms with E-state index in [1.165, 1.54) is 0 Å². The third kappa shape index (κ3) is 3.45. The van der Waals surface area contributed by atoms with E-state index in [0.717, 1.165) is 33.8 Å². The number of rotatable bonds is 4. The Morgan fingerprint density at radius 2 is 1.12 bits per heavy atom. The van der Waals surface area contributed by atoms with Crippen LogP contribution in [-0.4, -0.2) is 0 Å². The summed E-state index contributed by atoms with van der Waals surface area (Å²) in [5.74, 6) is 2.68. The van der Waals surface area contributed by atoms with Gasteiger partial charge >= 0.3 is 0 Å². The Morgan fingerprint density at radius 3 is 1.62 bits per heavy atom. The molecule has 0 aliphatic carbocycles. The molecule has 4 heteroatoms. The molecule has 0 aliphatic rings. The minimum absolute atomic E-state index is 0.404. The van der Waals surface area contributed by atoms with Crippen molar-refractivity contribution >= 4 is 11.4 Å². The fourth-order valence-corrected chi connectivity index (χ4v) is 2.91. The van der Waals surface area contributed by atoms with Crippen LogP contribution in [0.25, 0.3) is 0 Å². The summed E-state index contributed by atoms with van der Waals surface area (Å²) in [6.07, 6.45) is 0. The number of anilines is 2. The fourth-order valence-electron chi connectivity index (χ4n) is 2.91. The molecule has 0 unspecified atom stereocenters. The Labute approximate surface area is 154 Å². The van der Waals surface area contributed by atoms with E-state index in [9.17, 15) is 0 Å². The highest BCUT2D eigenvalue weighted by molar-refractivity contribution is 5.74. The molecule has 4 nitrogen and oxygen atoms in total. The lowest BCUT2D eigenvalue weighted by molar-refractivity contribution is 0.455. The van der Waals surface area contributed by atoms with Gasteiger partial charge in [-0.2, -0.15) is 0 Å². The highest BCUT2D eigenvalue weighted by atomic mass is 16.5. The zero-order valence-electron chi connectivity index (χ0n) is 15.6. The topological polar surface area (TPSA) is 70.5 Å². The lowest BCUT2D eigenvalue weighted by atomic mass is 10.1. The fraction of sp³-hybridized carbons (Fsp3) is 0.182. The highest BCUT2D eigenvalue weighted by Crippen LogP contribution is 2.40. The van der Waals surface area contributed by atoms with Gasteiger partial charge < -0.3 is 20.9 Å². The van der Waals surface area contributed by atoms with Gasteiger partial charge in [-0.15, -0.1) is 0 Å². The first-order valence-corrected chi connectivity index (χ1v) is 8.54. The van der Waals surface area contributed by atoms with E-state index in [-0.39, 0.29) is 0 Å². The summed E-state index contributed by atoms with van der Waals surface area (Å²) in [5.41, 5.74) is 17.2. The Morgan fingerprint density at radius 1 is 0.654 bits per heavy atom. The molecule has 3 aromatic carbocycles. The molecule has 0 aromatic heterocycles. The van der Waals surface area contributed by atoms with Crippen LogP contribution in [0.3, 0.4) is 0 Å². The number of nitrogen functional groups attached to an aromatic ring is 2. The zero-order valence-corrected chi connectivity index (χ0v) is 15.6. The summed E-state index contributed by atoms with van der Waals surface area (Å²) in [6, 6.07) is 15.5. The Kier molecular flexibility index (Phi) is 4.76. The summed E-state index contributed by atoms with van der Waals surface area (Å²) in [7, 11) is 0. The zero-order chi connectivity index (χ0) is 18.8. The van der Waals surface area contributed by atoms with Crippen LogP contribution in [0.1, 0.15) is 22.3 Å². The van der Waals surface area contributed by atoms with Gasteiger partial charge in [0.25, 0.3) is 0 Å². The normalized spacial score (nSPS) is 10.6. The van der Waals surface area contributed by atoms with Crippen LogP contribution < -0.4 is 20.9 Å². The molecule has 0 saturated heterocycles. The van der Waals surface area contributed by atoms with E-state index in [0.29, 0.717) is 22.9 Å². The van der Waals surface area contributed by atoms with Gasteiger partial charge in [0.15, 0.2) is 5.75 Å². The maximum absolute atomic E-state index is 6.15. The van der Waals surface area contributed by atoms with Gasteiger partial charge in [-0.25, -0.2) is 0 Å². The molecule has 3 rings (SSSR count). The lowest BCUT2D eigenvalue weighted by Crippen LogP contribution is -2.01. The van der Waals surface area contributed by atoms with Gasteiger partial charge in [0.2, 0.25) is 0 Å². The summed E-state index contributed by atoms with van der Waals surface area (Å²) in [6.45, 7) is 8.02. The summed E-state index contributed by atoms with van der Waals surface area (Å²) in [4.78, 5) is 0. The molecule has 0 aliphatic heterocycles. The molecular formula is C22H24N2O2. The molecule has 4 N–H and O–H groups in total. The van der Waals surface area contributed by atoms with Crippen molar-refractivity contribution in [3.05, 3.63) is 70.8 Å². The maximum Gasteiger partial charge on any atom is 0.156 e. The van der Waals surface area contributed by atoms with Crippen LogP contribution in [0.5, 0.6) is 23.0 Å². The first kappa shape index (κ1) is 17.7. The molecule has 134 valence electrons. The smallest absolute Gasteiger partial charge is 0.156 e. The number of ether oxygens (including phenoxy) is 2. The molecule has 0 spiro atoms. The van der Waals surface area contributed by atoms with Crippen molar-refractivity contribution in [2.24, 2.45) is 0 Å². The van der Waals surface area contributed by atoms with Gasteiger partial charge in [-0.3, -0.25) is 0 Å². The third-order valence-electron chi connectivity index (χ3n) is 4.40. The van der Waals surface area contributed by atoms with Crippen molar-refractivity contribution in [3.63, 3.8) is 0 Å². The SMILES string of the molecule is Cc1cccc(C)c1Oc1cc(N)c(N)c(Oc2c(C)cccc2C)c1. The Bertz CT molecular complexity index is 924. The molecule has 3 aromatic rings. The molecule has 0 saturated carbocycles. The van der Waals surface area contributed by atoms with Gasteiger partial charge in [-0.05, 0) is 49.9 Å². The molecule has 0 bridgehead atoms. The lowest BCUT2D eigenvalue weighted by Gasteiger charge is -2.17. The van der Waals surface area contributed by atoms with Crippen LogP contribution in [0, 0.1) is 27.7 Å². The second kappa shape index (κ2) is 7.00. The standard InChI is InChI=1S/C22H24N2O2/c1-13-7-5-8-14(2)21(13)25-17-11-18(23)20(24)19(12-17)26-22-15(3)9-6-10-16(22)4/h5-12H,23-24H2,1-4H3. The molecule has 0 atom stereocenters. The number of para-hydroxylation sites is 2. The van der Waals surface area contributed by atoms with E-state index in [2.05, 4.69) is 0 Å². The first-order chi connectivity index (χ1) is 12.4. The van der Waals surface area contributed by atoms with Crippen molar-refractivity contribution < 1.29 is 9.47 Å². The van der Waals surface area contributed by atoms with Crippen molar-refractivity contribution in [1.29, 1.82) is 0 Å². The van der Waals surface area contributed by atoms with Crippen LogP contribution in [0.15, 0.2) is 48.5 Å². The molecule has 0 radical (unpaired) electrons. The van der Waals surface area contributed by atoms with Gasteiger partial charge in [0.1, 0.15) is 17.2 Å². The van der Waals surface area contributed by atoms with Crippen LogP contribution in [-0.2, 0) is 0 Å². The minimum Gasteiger partial charge on any atom is -0.457 e. The molecule has 26 heavy (non-hydrogen) atoms. The minimum atomic E-state index is 0.404. The monoisotopic (exact) mass is 348 g/mol. The first-order valence-electron chi connectivity index (χ1n) is 8.54. The Balaban J connectivity index is 2.00. The number of hydrogen-bond donors (Lipinski definition) is 2. The summed E-state index contributed by atoms with van der Waals surface area (Å²) >= 11 is 0. The summed E-state index contributed by atoms with van der Waals surface area (Å²) in [5, 5.41) is 0. The van der Waals surface area contributed by atoms with Crippen LogP contribution in [0.4, 0.5) is 11.4 Å². The second-order valence-electron chi connectivity index (χ2n) is 6.57. The van der Waals surface area contributed by atoms with Gasteiger partial charge in [0, 0.05) is 12.1 Å². The average molecular weight is 348 g/mol. The quantitative estimate of drug-likeness (QED) is 0.596. The predicted octanol–water partition coefficient (Wildman–Crippen LogP) is 5.67. The van der Waals surface area contributed by atoms with E-state index >= 15 is 0 Å². The molecule has 0 fully saturated rings. The predicted molar refractivity (Wildman–Crippen MR) is 107 cm³/mol. The third-order valence-corrected chi connectivity index (χ3v) is 4.40. The molecule has 0 amide bonds. The van der Waals surface area contributed by atoms with E-state index in [1.54, 1.807) is 12.1 Å². The van der Waals surface area contributed by atoms with Crippen LogP contribution >= 0.6 is 0 Å². The van der Waals surface area contributed by atoms with Crippen molar-refractivity contribution in [1.82, 2.24) is 0 Å². The van der Waals surface area contributed by atoms with Gasteiger partial charge in [-0.1, -0.05) is 36.4 Å². The highest BCUT2D eigenvalue weighted by Gasteiger charge is 2.14. The van der Waals surface area contributed by atoms with Crippen molar-refractivity contribution in [3.8, 4) is 23.0 Å². The summed E-state index contributed by atoms with van der Waals surface area (Å²) < 4.78 is 12.2. The molecular weight excluding hydrogens is 324 g/mol. The number of aryl methyl sites for hydroxylation is 4. The van der Waals surface area contributed by atoms with Crippen molar-refractivity contribution in [2.45, 2.75) is 27.7 Å². The van der Waals surface area contributed by atoms with Crippen LogP contribution in [0.2, 0.25) is 0 Å². The molecule has 0 heterocycles. The number of benzene rings is 3. The van der Waals surface area contributed by atoms with E-state index < -0.39 is 0 Å². The largest absolute Gasteiger partial charge is 0.457 e. The van der Waals surface area contributed by atoms with E-state index in [1.807, 2.05) is 64.1 Å². The second-order valence-corrected chi connectivity index (χ2v) is 6.57. The van der Waals surface area contributed by atoms with Crippen molar-refractivity contribution in [2.75, 3.05) is 11.5 Å². The average Bonchev–Trinajstić information content (AvgIpc) is 2.58. The number of hydrogen-bond acceptors (Lipinski definition) is 4. The Hall–Kier alpha value is -3.14.